The maximum atomic E-state index is 12.8. The van der Waals surface area contributed by atoms with E-state index in [9.17, 15) is 4.79 Å². The summed E-state index contributed by atoms with van der Waals surface area (Å²) in [6.45, 7) is 3.97. The van der Waals surface area contributed by atoms with E-state index >= 15 is 0 Å². The Kier molecular flexibility index (Phi) is 4.08. The van der Waals surface area contributed by atoms with Gasteiger partial charge in [0, 0.05) is 25.8 Å². The van der Waals surface area contributed by atoms with Gasteiger partial charge in [0.25, 0.3) is 0 Å². The highest BCUT2D eigenvalue weighted by molar-refractivity contribution is 5.55. The minimum absolute atomic E-state index is 0.113. The van der Waals surface area contributed by atoms with Gasteiger partial charge in [0.1, 0.15) is 0 Å². The van der Waals surface area contributed by atoms with Crippen molar-refractivity contribution in [2.45, 2.75) is 0 Å². The van der Waals surface area contributed by atoms with Crippen molar-refractivity contribution in [3.8, 4) is 5.82 Å². The molecule has 0 atom stereocenters. The summed E-state index contributed by atoms with van der Waals surface area (Å²) in [6, 6.07) is 13.7. The number of rotatable bonds is 3. The molecule has 0 bridgehead atoms. The van der Waals surface area contributed by atoms with Crippen LogP contribution in [0.25, 0.3) is 18.5 Å². The number of hydrogen-bond acceptors (Lipinski definition) is 2. The molecule has 0 saturated heterocycles. The van der Waals surface area contributed by atoms with Gasteiger partial charge >= 0.3 is 11.4 Å². The van der Waals surface area contributed by atoms with Crippen LogP contribution >= 0.6 is 0 Å². The molecule has 122 valence electrons. The Morgan fingerprint density at radius 2 is 1.88 bits per heavy atom. The number of aromatic nitrogens is 3. The fourth-order valence-corrected chi connectivity index (χ4v) is 2.59. The van der Waals surface area contributed by atoms with Crippen LogP contribution in [-0.2, 0) is 7.05 Å². The molecule has 0 unspecified atom stereocenters. The number of H-pyrrole nitrogens is 1. The lowest BCUT2D eigenvalue weighted by Gasteiger charge is -2.11. The van der Waals surface area contributed by atoms with Crippen LogP contribution in [0, 0.1) is 0 Å². The van der Waals surface area contributed by atoms with E-state index < -0.39 is 0 Å². The maximum absolute atomic E-state index is 12.8. The van der Waals surface area contributed by atoms with Crippen molar-refractivity contribution < 1.29 is 4.57 Å². The Bertz CT molecular complexity index is 1030. The Balaban J connectivity index is 2.12. The van der Waals surface area contributed by atoms with E-state index in [2.05, 4.69) is 11.7 Å². The third-order valence-corrected chi connectivity index (χ3v) is 3.98. The molecule has 0 aliphatic heterocycles. The van der Waals surface area contributed by atoms with Crippen molar-refractivity contribution in [2.24, 2.45) is 7.05 Å². The molecule has 1 N–H and O–H groups in total. The minimum Gasteiger partial charge on any atom is -0.378 e. The average molecular weight is 321 g/mol. The van der Waals surface area contributed by atoms with Gasteiger partial charge in [0.05, 0.1) is 23.8 Å². The van der Waals surface area contributed by atoms with Gasteiger partial charge in [-0.15, -0.1) is 0 Å². The Labute approximate surface area is 140 Å². The summed E-state index contributed by atoms with van der Waals surface area (Å²) < 4.78 is 3.40. The molecule has 3 rings (SSSR count). The van der Waals surface area contributed by atoms with Crippen molar-refractivity contribution in [1.29, 1.82) is 0 Å². The number of nitrogens with zero attached hydrogens (tertiary/aromatic N) is 3. The van der Waals surface area contributed by atoms with E-state index in [1.807, 2.05) is 85.3 Å². The zero-order valence-electron chi connectivity index (χ0n) is 14.2. The van der Waals surface area contributed by atoms with E-state index in [0.717, 1.165) is 17.1 Å². The summed E-state index contributed by atoms with van der Waals surface area (Å²) in [5, 5.41) is 4.22. The molecule has 5 heteroatoms. The first-order chi connectivity index (χ1) is 11.5. The zero-order chi connectivity index (χ0) is 17.3. The summed E-state index contributed by atoms with van der Waals surface area (Å²) in [7, 11) is 5.89. The molecule has 5 nitrogen and oxygen atoms in total. The molecule has 0 radical (unpaired) electrons. The van der Waals surface area contributed by atoms with Crippen LogP contribution < -0.4 is 25.6 Å². The molecule has 0 aliphatic carbocycles. The van der Waals surface area contributed by atoms with E-state index in [1.54, 1.807) is 0 Å². The lowest BCUT2D eigenvalue weighted by molar-refractivity contribution is -0.666. The van der Waals surface area contributed by atoms with Crippen LogP contribution in [0.5, 0.6) is 0 Å². The van der Waals surface area contributed by atoms with Gasteiger partial charge in [0.2, 0.25) is 0 Å². The third kappa shape index (κ3) is 2.88. The number of pyridine rings is 1. The third-order valence-electron chi connectivity index (χ3n) is 3.98. The average Bonchev–Trinajstić information content (AvgIpc) is 2.84. The first-order valence-electron chi connectivity index (χ1n) is 7.71. The number of benzene rings is 1. The number of hydrogen-bond donors (Lipinski definition) is 1. The predicted octanol–water partition coefficient (Wildman–Crippen LogP) is 0.295. The van der Waals surface area contributed by atoms with Gasteiger partial charge in [-0.05, 0) is 29.8 Å². The van der Waals surface area contributed by atoms with Crippen LogP contribution in [0.15, 0.2) is 53.5 Å². The number of aromatic amines is 1. The first-order valence-corrected chi connectivity index (χ1v) is 7.71. The highest BCUT2D eigenvalue weighted by atomic mass is 16.1. The molecule has 24 heavy (non-hydrogen) atoms. The van der Waals surface area contributed by atoms with Crippen LogP contribution in [0.2, 0.25) is 0 Å². The molecular weight excluding hydrogens is 300 g/mol. The second-order valence-electron chi connectivity index (χ2n) is 5.94. The number of anilines is 1. The van der Waals surface area contributed by atoms with Gasteiger partial charge in [-0.3, -0.25) is 0 Å². The highest BCUT2D eigenvalue weighted by Gasteiger charge is 2.14. The van der Waals surface area contributed by atoms with Crippen molar-refractivity contribution in [3.63, 3.8) is 0 Å². The molecule has 2 heterocycles. The summed E-state index contributed by atoms with van der Waals surface area (Å²) >= 11 is 0. The summed E-state index contributed by atoms with van der Waals surface area (Å²) in [6.07, 6.45) is 3.76. The SMILES string of the molecule is C=c1[nH]n(-c2cccc[n+]2C)c(=O)c1=Cc1ccc(N(C)C)cc1. The lowest BCUT2D eigenvalue weighted by atomic mass is 10.1. The zero-order valence-corrected chi connectivity index (χ0v) is 14.2. The standard InChI is InChI=1S/C19H21N4O/c1-14-17(13-15-8-10-16(11-9-15)21(2)3)19(24)23(20-14)18-7-5-6-12-22(18)4/h5-13,20H,1H2,2-4H3/q+1. The summed E-state index contributed by atoms with van der Waals surface area (Å²) in [5.74, 6) is 0.759. The molecule has 0 amide bonds. The largest absolute Gasteiger partial charge is 0.378 e. The van der Waals surface area contributed by atoms with Crippen molar-refractivity contribution in [1.82, 2.24) is 9.78 Å². The van der Waals surface area contributed by atoms with Gasteiger partial charge in [0.15, 0.2) is 0 Å². The second-order valence-corrected chi connectivity index (χ2v) is 5.94. The smallest absolute Gasteiger partial charge is 0.366 e. The minimum atomic E-state index is -0.113. The van der Waals surface area contributed by atoms with Crippen LogP contribution in [0.4, 0.5) is 5.69 Å². The molecule has 1 aromatic carbocycles. The Morgan fingerprint density at radius 3 is 2.50 bits per heavy atom. The molecule has 0 aliphatic rings. The maximum Gasteiger partial charge on any atom is 0.366 e. The second kappa shape index (κ2) is 6.20. The molecule has 0 saturated carbocycles. The van der Waals surface area contributed by atoms with E-state index in [-0.39, 0.29) is 5.56 Å². The van der Waals surface area contributed by atoms with Gasteiger partial charge < -0.3 is 4.90 Å². The van der Waals surface area contributed by atoms with E-state index in [4.69, 9.17) is 0 Å². The van der Waals surface area contributed by atoms with Crippen LogP contribution in [0.3, 0.4) is 0 Å². The van der Waals surface area contributed by atoms with Crippen molar-refractivity contribution in [3.05, 3.63) is 75.1 Å². The Morgan fingerprint density at radius 1 is 1.17 bits per heavy atom. The number of nitrogens with one attached hydrogen (secondary N) is 1. The molecule has 0 spiro atoms. The normalized spacial score (nSPS) is 11.7. The topological polar surface area (TPSA) is 44.9 Å². The van der Waals surface area contributed by atoms with Crippen molar-refractivity contribution in [2.75, 3.05) is 19.0 Å². The lowest BCUT2D eigenvalue weighted by Crippen LogP contribution is -2.39. The van der Waals surface area contributed by atoms with Crippen LogP contribution in [-0.4, -0.2) is 23.9 Å². The van der Waals surface area contributed by atoms with Gasteiger partial charge in [-0.1, -0.05) is 29.5 Å². The predicted molar refractivity (Wildman–Crippen MR) is 96.7 cm³/mol. The van der Waals surface area contributed by atoms with Crippen LogP contribution in [0.1, 0.15) is 5.56 Å². The highest BCUT2D eigenvalue weighted by Crippen LogP contribution is 2.12. The Hall–Kier alpha value is -3.08. The quantitative estimate of drug-likeness (QED) is 0.705. The van der Waals surface area contributed by atoms with Gasteiger partial charge in [-0.2, -0.15) is 0 Å². The first kappa shape index (κ1) is 15.8. The fraction of sp³-hybridized carbons (Fsp3) is 0.158. The molecule has 0 fully saturated rings. The summed E-state index contributed by atoms with van der Waals surface area (Å²) in [5.41, 5.74) is 1.97. The summed E-state index contributed by atoms with van der Waals surface area (Å²) in [4.78, 5) is 14.8. The van der Waals surface area contributed by atoms with E-state index in [0.29, 0.717) is 10.6 Å². The van der Waals surface area contributed by atoms with E-state index in [1.165, 1.54) is 4.68 Å². The fourth-order valence-electron chi connectivity index (χ4n) is 2.59. The molecule has 3 aromatic rings. The molecular formula is C19H21N4O+. The van der Waals surface area contributed by atoms with Gasteiger partial charge in [-0.25, -0.2) is 14.5 Å². The monoisotopic (exact) mass is 321 g/mol. The number of aryl methyl sites for hydroxylation is 1. The van der Waals surface area contributed by atoms with Crippen molar-refractivity contribution >= 4 is 18.3 Å². The molecule has 2 aromatic heterocycles.